The number of aliphatic carboxylic acids is 1. The lowest BCUT2D eigenvalue weighted by atomic mass is 10.1. The molecule has 0 aliphatic carbocycles. The Bertz CT molecular complexity index is 576. The molecule has 0 radical (unpaired) electrons. The maximum absolute atomic E-state index is 10.9. The molecule has 2 rings (SSSR count). The highest BCUT2D eigenvalue weighted by Gasteiger charge is 2.16. The Morgan fingerprint density at radius 2 is 1.60 bits per heavy atom. The minimum Gasteiger partial charge on any atom is -0.479 e. The van der Waals surface area contributed by atoms with Crippen LogP contribution in [0, 0.1) is 3.57 Å². The second kappa shape index (κ2) is 6.74. The zero-order valence-corrected chi connectivity index (χ0v) is 13.2. The van der Waals surface area contributed by atoms with E-state index in [4.69, 9.17) is 9.84 Å². The highest BCUT2D eigenvalue weighted by Crippen LogP contribution is 2.24. The van der Waals surface area contributed by atoms with Gasteiger partial charge in [-0.1, -0.05) is 31.2 Å². The Balaban J connectivity index is 2.13. The van der Waals surface area contributed by atoms with Gasteiger partial charge in [-0.15, -0.1) is 0 Å². The van der Waals surface area contributed by atoms with Crippen molar-refractivity contribution in [3.05, 3.63) is 52.1 Å². The van der Waals surface area contributed by atoms with E-state index in [0.717, 1.165) is 11.1 Å². The van der Waals surface area contributed by atoms with Crippen molar-refractivity contribution >= 4 is 28.6 Å². The van der Waals surface area contributed by atoms with Gasteiger partial charge in [-0.25, -0.2) is 4.79 Å². The molecule has 4 heteroatoms. The molecule has 0 heterocycles. The Morgan fingerprint density at radius 1 is 1.10 bits per heavy atom. The number of carboxylic acids is 1. The van der Waals surface area contributed by atoms with E-state index in [9.17, 15) is 4.79 Å². The van der Waals surface area contributed by atoms with E-state index >= 15 is 0 Å². The maximum Gasteiger partial charge on any atom is 0.344 e. The van der Waals surface area contributed by atoms with E-state index < -0.39 is 12.1 Å². The number of benzene rings is 2. The van der Waals surface area contributed by atoms with Crippen LogP contribution in [0.5, 0.6) is 5.75 Å². The van der Waals surface area contributed by atoms with Crippen molar-refractivity contribution < 1.29 is 14.6 Å². The van der Waals surface area contributed by atoms with Crippen LogP contribution in [0.2, 0.25) is 0 Å². The van der Waals surface area contributed by atoms with Crippen LogP contribution in [0.15, 0.2) is 48.5 Å². The molecule has 0 bridgehead atoms. The molecule has 1 N–H and O–H groups in total. The minimum absolute atomic E-state index is 0.439. The van der Waals surface area contributed by atoms with E-state index in [2.05, 4.69) is 46.9 Å². The van der Waals surface area contributed by atoms with Crippen molar-refractivity contribution in [3.63, 3.8) is 0 Å². The summed E-state index contributed by atoms with van der Waals surface area (Å²) in [5.74, 6) is -0.359. The Kier molecular flexibility index (Phi) is 5.00. The normalized spacial score (nSPS) is 11.9. The van der Waals surface area contributed by atoms with Gasteiger partial charge in [0.25, 0.3) is 0 Å². The molecule has 0 spiro atoms. The lowest BCUT2D eigenvalue weighted by Crippen LogP contribution is -2.25. The average molecular weight is 382 g/mol. The van der Waals surface area contributed by atoms with Crippen molar-refractivity contribution in [2.75, 3.05) is 0 Å². The predicted molar refractivity (Wildman–Crippen MR) is 86.9 cm³/mol. The van der Waals surface area contributed by atoms with Crippen molar-refractivity contribution in [3.8, 4) is 16.9 Å². The lowest BCUT2D eigenvalue weighted by Gasteiger charge is -2.13. The van der Waals surface area contributed by atoms with Gasteiger partial charge >= 0.3 is 5.97 Å². The predicted octanol–water partition coefficient (Wildman–Crippen LogP) is 4.20. The van der Waals surface area contributed by atoms with Crippen molar-refractivity contribution in [2.24, 2.45) is 0 Å². The van der Waals surface area contributed by atoms with Gasteiger partial charge in [-0.3, -0.25) is 0 Å². The quantitative estimate of drug-likeness (QED) is 0.789. The highest BCUT2D eigenvalue weighted by atomic mass is 127. The molecule has 1 unspecified atom stereocenters. The third-order valence-electron chi connectivity index (χ3n) is 2.96. The molecule has 0 saturated heterocycles. The third-order valence-corrected chi connectivity index (χ3v) is 3.68. The van der Waals surface area contributed by atoms with E-state index in [0.29, 0.717) is 12.2 Å². The van der Waals surface area contributed by atoms with Gasteiger partial charge in [0.05, 0.1) is 0 Å². The molecule has 20 heavy (non-hydrogen) atoms. The van der Waals surface area contributed by atoms with Crippen LogP contribution in [0.1, 0.15) is 13.3 Å². The fourth-order valence-electron chi connectivity index (χ4n) is 1.84. The fraction of sp³-hybridized carbons (Fsp3) is 0.188. The molecule has 0 aliphatic heterocycles. The first-order chi connectivity index (χ1) is 9.60. The van der Waals surface area contributed by atoms with Crippen LogP contribution < -0.4 is 4.74 Å². The summed E-state index contributed by atoms with van der Waals surface area (Å²) in [7, 11) is 0. The summed E-state index contributed by atoms with van der Waals surface area (Å²) < 4.78 is 6.63. The third kappa shape index (κ3) is 3.72. The Labute approximate surface area is 131 Å². The molecule has 0 fully saturated rings. The van der Waals surface area contributed by atoms with Gasteiger partial charge < -0.3 is 9.84 Å². The van der Waals surface area contributed by atoms with Crippen molar-refractivity contribution in [1.82, 2.24) is 0 Å². The number of carbonyl (C=O) groups is 1. The van der Waals surface area contributed by atoms with Crippen LogP contribution in [0.3, 0.4) is 0 Å². The molecule has 1 atom stereocenters. The summed E-state index contributed by atoms with van der Waals surface area (Å²) in [6.07, 6.45) is -0.354. The summed E-state index contributed by atoms with van der Waals surface area (Å²) >= 11 is 2.27. The molecule has 2 aromatic rings. The number of carboxylic acid groups (broad SMARTS) is 1. The maximum atomic E-state index is 10.9. The highest BCUT2D eigenvalue weighted by molar-refractivity contribution is 14.1. The molecule has 3 nitrogen and oxygen atoms in total. The molecule has 0 amide bonds. The summed E-state index contributed by atoms with van der Waals surface area (Å²) in [5, 5.41) is 8.97. The monoisotopic (exact) mass is 382 g/mol. The van der Waals surface area contributed by atoms with Crippen LogP contribution >= 0.6 is 22.6 Å². The van der Waals surface area contributed by atoms with Crippen molar-refractivity contribution in [1.29, 1.82) is 0 Å². The molecule has 0 saturated carbocycles. The fourth-order valence-corrected chi connectivity index (χ4v) is 2.20. The lowest BCUT2D eigenvalue weighted by molar-refractivity contribution is -0.145. The Morgan fingerprint density at radius 3 is 2.05 bits per heavy atom. The van der Waals surface area contributed by atoms with Gasteiger partial charge in [0.2, 0.25) is 0 Å². The summed E-state index contributed by atoms with van der Waals surface area (Å²) in [5.41, 5.74) is 2.21. The molecular formula is C16H15IO3. The zero-order valence-electron chi connectivity index (χ0n) is 11.0. The first-order valence-corrected chi connectivity index (χ1v) is 7.43. The first-order valence-electron chi connectivity index (χ1n) is 6.35. The summed E-state index contributed by atoms with van der Waals surface area (Å²) in [6.45, 7) is 1.79. The number of ether oxygens (including phenoxy) is 1. The van der Waals surface area contributed by atoms with E-state index in [1.165, 1.54) is 3.57 Å². The molecule has 0 aromatic heterocycles. The molecular weight excluding hydrogens is 367 g/mol. The summed E-state index contributed by atoms with van der Waals surface area (Å²) in [6, 6.07) is 15.7. The second-order valence-corrected chi connectivity index (χ2v) is 5.63. The molecule has 104 valence electrons. The van der Waals surface area contributed by atoms with E-state index in [1.807, 2.05) is 12.1 Å². The second-order valence-electron chi connectivity index (χ2n) is 4.38. The minimum atomic E-state index is -0.936. The number of rotatable bonds is 5. The average Bonchev–Trinajstić information content (AvgIpc) is 2.46. The van der Waals surface area contributed by atoms with Crippen LogP contribution in [-0.2, 0) is 4.79 Å². The van der Waals surface area contributed by atoms with E-state index in [-0.39, 0.29) is 0 Å². The van der Waals surface area contributed by atoms with Gasteiger partial charge in [-0.05, 0) is 64.4 Å². The molecule has 2 aromatic carbocycles. The zero-order chi connectivity index (χ0) is 14.5. The smallest absolute Gasteiger partial charge is 0.344 e. The number of hydrogen-bond donors (Lipinski definition) is 1. The van der Waals surface area contributed by atoms with Gasteiger partial charge in [0.1, 0.15) is 5.75 Å². The largest absolute Gasteiger partial charge is 0.479 e. The number of halogens is 1. The van der Waals surface area contributed by atoms with Crippen LogP contribution in [0.4, 0.5) is 0 Å². The number of hydrogen-bond acceptors (Lipinski definition) is 2. The summed E-state index contributed by atoms with van der Waals surface area (Å²) in [4.78, 5) is 10.9. The standard InChI is InChI=1S/C16H15IO3/c1-2-15(16(18)19)20-14-9-5-12(6-10-14)11-3-7-13(17)8-4-11/h3-10,15H,2H2,1H3,(H,18,19). The topological polar surface area (TPSA) is 46.5 Å². The van der Waals surface area contributed by atoms with Crippen LogP contribution in [0.25, 0.3) is 11.1 Å². The van der Waals surface area contributed by atoms with Crippen molar-refractivity contribution in [2.45, 2.75) is 19.4 Å². The first kappa shape index (κ1) is 14.8. The SMILES string of the molecule is CCC(Oc1ccc(-c2ccc(I)cc2)cc1)C(=O)O. The Hall–Kier alpha value is -1.56. The van der Waals surface area contributed by atoms with Gasteiger partial charge in [0.15, 0.2) is 6.10 Å². The van der Waals surface area contributed by atoms with Crippen LogP contribution in [-0.4, -0.2) is 17.2 Å². The van der Waals surface area contributed by atoms with Gasteiger partial charge in [0, 0.05) is 3.57 Å². The van der Waals surface area contributed by atoms with E-state index in [1.54, 1.807) is 19.1 Å². The molecule has 0 aliphatic rings. The van der Waals surface area contributed by atoms with Gasteiger partial charge in [-0.2, -0.15) is 0 Å².